The number of rotatable bonds is 8. The molecule has 1 aliphatic heterocycles. The van der Waals surface area contributed by atoms with Gasteiger partial charge in [-0.25, -0.2) is 0 Å². The Morgan fingerprint density at radius 3 is 2.18 bits per heavy atom. The molecule has 0 bridgehead atoms. The summed E-state index contributed by atoms with van der Waals surface area (Å²) in [5.41, 5.74) is 1.85. The van der Waals surface area contributed by atoms with Crippen LogP contribution in [0.1, 0.15) is 17.3 Å². The first kappa shape index (κ1) is 20.2. The fourth-order valence-corrected chi connectivity index (χ4v) is 3.31. The summed E-state index contributed by atoms with van der Waals surface area (Å²) < 4.78 is 10.9. The third-order valence-electron chi connectivity index (χ3n) is 4.98. The van der Waals surface area contributed by atoms with Crippen molar-refractivity contribution in [2.45, 2.75) is 13.0 Å². The number of ether oxygens (including phenoxy) is 2. The van der Waals surface area contributed by atoms with E-state index in [2.05, 4.69) is 21.9 Å². The topological polar surface area (TPSA) is 62.2 Å². The molecule has 0 amide bonds. The molecule has 1 unspecified atom stereocenters. The van der Waals surface area contributed by atoms with Gasteiger partial charge in [0.2, 0.25) is 0 Å². The molecule has 1 heterocycles. The molecule has 28 heavy (non-hydrogen) atoms. The van der Waals surface area contributed by atoms with Crippen molar-refractivity contribution in [2.24, 2.45) is 0 Å². The number of piperazine rings is 1. The van der Waals surface area contributed by atoms with Crippen LogP contribution < -0.4 is 14.4 Å². The lowest BCUT2D eigenvalue weighted by Gasteiger charge is -2.36. The number of aliphatic hydroxyl groups is 1. The summed E-state index contributed by atoms with van der Waals surface area (Å²) in [4.78, 5) is 15.9. The minimum atomic E-state index is -0.556. The minimum absolute atomic E-state index is 0.0281. The molecule has 1 N–H and O–H groups in total. The second-order valence-electron chi connectivity index (χ2n) is 7.03. The van der Waals surface area contributed by atoms with E-state index in [9.17, 15) is 9.90 Å². The van der Waals surface area contributed by atoms with Gasteiger partial charge in [-0.05, 0) is 55.5 Å². The smallest absolute Gasteiger partial charge is 0.159 e. The first-order valence-electron chi connectivity index (χ1n) is 9.58. The van der Waals surface area contributed by atoms with Crippen LogP contribution in [0, 0.1) is 0 Å². The number of β-amino-alcohol motifs (C(OH)–C–C–N with tert-alkyl or cyclic N) is 1. The number of methoxy groups -OCH3 is 1. The minimum Gasteiger partial charge on any atom is -0.497 e. The van der Waals surface area contributed by atoms with Gasteiger partial charge >= 0.3 is 0 Å². The Kier molecular flexibility index (Phi) is 6.90. The summed E-state index contributed by atoms with van der Waals surface area (Å²) in [6.07, 6.45) is -0.556. The maximum atomic E-state index is 11.3. The Balaban J connectivity index is 1.40. The van der Waals surface area contributed by atoms with Gasteiger partial charge in [0.15, 0.2) is 5.78 Å². The van der Waals surface area contributed by atoms with Crippen LogP contribution in [0.5, 0.6) is 11.5 Å². The SMILES string of the molecule is COc1ccc(N2CCN(CC(O)COc3ccc(C(C)=O)cc3)CC2)cc1. The van der Waals surface area contributed by atoms with Crippen molar-refractivity contribution >= 4 is 11.5 Å². The number of carbonyl (C=O) groups excluding carboxylic acids is 1. The summed E-state index contributed by atoms with van der Waals surface area (Å²) in [6, 6.07) is 15.1. The second kappa shape index (κ2) is 9.57. The second-order valence-corrected chi connectivity index (χ2v) is 7.03. The van der Waals surface area contributed by atoms with Crippen LogP contribution in [0.25, 0.3) is 0 Å². The highest BCUT2D eigenvalue weighted by Gasteiger charge is 2.20. The van der Waals surface area contributed by atoms with E-state index in [0.717, 1.165) is 31.9 Å². The predicted octanol–water partition coefficient (Wildman–Crippen LogP) is 2.46. The summed E-state index contributed by atoms with van der Waals surface area (Å²) in [5.74, 6) is 1.55. The molecule has 2 aromatic carbocycles. The van der Waals surface area contributed by atoms with Gasteiger partial charge in [-0.3, -0.25) is 9.69 Å². The van der Waals surface area contributed by atoms with Gasteiger partial charge in [-0.15, -0.1) is 0 Å². The molecule has 0 radical (unpaired) electrons. The van der Waals surface area contributed by atoms with E-state index < -0.39 is 6.10 Å². The van der Waals surface area contributed by atoms with E-state index >= 15 is 0 Å². The number of nitrogens with zero attached hydrogens (tertiary/aromatic N) is 2. The van der Waals surface area contributed by atoms with Crippen LogP contribution in [-0.4, -0.2) is 68.3 Å². The fraction of sp³-hybridized carbons (Fsp3) is 0.409. The van der Waals surface area contributed by atoms with Crippen LogP contribution in [0.15, 0.2) is 48.5 Å². The Labute approximate surface area is 166 Å². The van der Waals surface area contributed by atoms with E-state index in [1.165, 1.54) is 12.6 Å². The average Bonchev–Trinajstić information content (AvgIpc) is 2.73. The average molecular weight is 384 g/mol. The molecule has 1 saturated heterocycles. The summed E-state index contributed by atoms with van der Waals surface area (Å²) in [6.45, 7) is 6.00. The Hall–Kier alpha value is -2.57. The first-order valence-corrected chi connectivity index (χ1v) is 9.58. The van der Waals surface area contributed by atoms with Crippen LogP contribution in [0.4, 0.5) is 5.69 Å². The highest BCUT2D eigenvalue weighted by atomic mass is 16.5. The molecule has 0 aromatic heterocycles. The van der Waals surface area contributed by atoms with Crippen molar-refractivity contribution < 1.29 is 19.4 Å². The van der Waals surface area contributed by atoms with Crippen molar-refractivity contribution in [3.8, 4) is 11.5 Å². The van der Waals surface area contributed by atoms with Crippen LogP contribution in [0.2, 0.25) is 0 Å². The quantitative estimate of drug-likeness (QED) is 0.706. The number of aliphatic hydroxyl groups excluding tert-OH is 1. The molecule has 0 saturated carbocycles. The number of carbonyl (C=O) groups is 1. The maximum absolute atomic E-state index is 11.3. The standard InChI is InChI=1S/C22H28N2O4/c1-17(25)18-3-7-22(8-4-18)28-16-20(26)15-23-11-13-24(14-12-23)19-5-9-21(27-2)10-6-19/h3-10,20,26H,11-16H2,1-2H3. The van der Waals surface area contributed by atoms with Gasteiger partial charge in [0, 0.05) is 44.0 Å². The maximum Gasteiger partial charge on any atom is 0.159 e. The number of hydrogen-bond acceptors (Lipinski definition) is 6. The Bertz CT molecular complexity index is 753. The summed E-state index contributed by atoms with van der Waals surface area (Å²) in [7, 11) is 1.67. The molecule has 0 spiro atoms. The van der Waals surface area contributed by atoms with Gasteiger partial charge in [-0.1, -0.05) is 0 Å². The van der Waals surface area contributed by atoms with E-state index in [1.54, 1.807) is 31.4 Å². The molecule has 6 heteroatoms. The van der Waals surface area contributed by atoms with Crippen molar-refractivity contribution in [3.05, 3.63) is 54.1 Å². The number of anilines is 1. The largest absolute Gasteiger partial charge is 0.497 e. The molecule has 150 valence electrons. The number of hydrogen-bond donors (Lipinski definition) is 1. The molecule has 0 aliphatic carbocycles. The molecule has 1 aliphatic rings. The third-order valence-corrected chi connectivity index (χ3v) is 4.98. The summed E-state index contributed by atoms with van der Waals surface area (Å²) in [5, 5.41) is 10.3. The van der Waals surface area contributed by atoms with E-state index in [0.29, 0.717) is 17.9 Å². The van der Waals surface area contributed by atoms with Crippen molar-refractivity contribution in [2.75, 3.05) is 51.3 Å². The van der Waals surface area contributed by atoms with E-state index in [1.807, 2.05) is 12.1 Å². The zero-order chi connectivity index (χ0) is 19.9. The van der Waals surface area contributed by atoms with Gasteiger partial charge in [-0.2, -0.15) is 0 Å². The fourth-order valence-electron chi connectivity index (χ4n) is 3.31. The predicted molar refractivity (Wildman–Crippen MR) is 110 cm³/mol. The molecular weight excluding hydrogens is 356 g/mol. The Morgan fingerprint density at radius 1 is 1.00 bits per heavy atom. The summed E-state index contributed by atoms with van der Waals surface area (Å²) >= 11 is 0. The first-order chi connectivity index (χ1) is 13.5. The zero-order valence-corrected chi connectivity index (χ0v) is 16.5. The lowest BCUT2D eigenvalue weighted by Crippen LogP contribution is -2.49. The number of ketones is 1. The molecule has 6 nitrogen and oxygen atoms in total. The molecule has 1 atom stereocenters. The van der Waals surface area contributed by atoms with Crippen LogP contribution in [0.3, 0.4) is 0 Å². The highest BCUT2D eigenvalue weighted by molar-refractivity contribution is 5.94. The van der Waals surface area contributed by atoms with Crippen LogP contribution in [-0.2, 0) is 0 Å². The molecule has 3 rings (SSSR count). The number of benzene rings is 2. The lowest BCUT2D eigenvalue weighted by molar-refractivity contribution is 0.0663. The molecule has 1 fully saturated rings. The Morgan fingerprint density at radius 2 is 1.61 bits per heavy atom. The van der Waals surface area contributed by atoms with E-state index in [4.69, 9.17) is 9.47 Å². The normalized spacial score (nSPS) is 15.9. The van der Waals surface area contributed by atoms with Crippen molar-refractivity contribution in [1.29, 1.82) is 0 Å². The van der Waals surface area contributed by atoms with E-state index in [-0.39, 0.29) is 12.4 Å². The van der Waals surface area contributed by atoms with Gasteiger partial charge < -0.3 is 19.5 Å². The highest BCUT2D eigenvalue weighted by Crippen LogP contribution is 2.20. The molecule has 2 aromatic rings. The zero-order valence-electron chi connectivity index (χ0n) is 16.5. The third kappa shape index (κ3) is 5.47. The number of Topliss-reactive ketones (excluding diaryl/α,β-unsaturated/α-hetero) is 1. The monoisotopic (exact) mass is 384 g/mol. The van der Waals surface area contributed by atoms with Crippen molar-refractivity contribution in [1.82, 2.24) is 4.90 Å². The van der Waals surface area contributed by atoms with Gasteiger partial charge in [0.05, 0.1) is 7.11 Å². The van der Waals surface area contributed by atoms with Crippen LogP contribution >= 0.6 is 0 Å². The lowest BCUT2D eigenvalue weighted by atomic mass is 10.1. The molecular formula is C22H28N2O4. The van der Waals surface area contributed by atoms with Crippen molar-refractivity contribution in [3.63, 3.8) is 0 Å². The van der Waals surface area contributed by atoms with Gasteiger partial charge in [0.1, 0.15) is 24.2 Å². The van der Waals surface area contributed by atoms with Gasteiger partial charge in [0.25, 0.3) is 0 Å².